The first-order valence-corrected chi connectivity index (χ1v) is 7.30. The van der Waals surface area contributed by atoms with Gasteiger partial charge < -0.3 is 4.98 Å². The topological polar surface area (TPSA) is 82.4 Å². The Hall–Kier alpha value is -2.22. The van der Waals surface area contributed by atoms with Crippen molar-refractivity contribution in [3.05, 3.63) is 23.7 Å². The number of aromatic amines is 1. The largest absolute Gasteiger partial charge is 0.339 e. The lowest BCUT2D eigenvalue weighted by Crippen LogP contribution is -2.15. The Morgan fingerprint density at radius 3 is 2.90 bits per heavy atom. The van der Waals surface area contributed by atoms with Crippen LogP contribution in [0.3, 0.4) is 0 Å². The van der Waals surface area contributed by atoms with Crippen molar-refractivity contribution in [2.75, 3.05) is 0 Å². The fourth-order valence-electron chi connectivity index (χ4n) is 2.53. The Kier molecular flexibility index (Phi) is 4.69. The first-order chi connectivity index (χ1) is 10.1. The maximum atomic E-state index is 12.3. The first-order valence-electron chi connectivity index (χ1n) is 7.30. The number of aryl methyl sites for hydroxylation is 1. The number of Topliss-reactive ketones (excluding diaryl/α,β-unsaturated/α-hetero) is 1. The lowest BCUT2D eigenvalue weighted by atomic mass is 9.93. The van der Waals surface area contributed by atoms with Crippen LogP contribution in [0.15, 0.2) is 12.3 Å². The van der Waals surface area contributed by atoms with E-state index in [1.165, 1.54) is 0 Å². The summed E-state index contributed by atoms with van der Waals surface area (Å²) >= 11 is 0. The zero-order chi connectivity index (χ0) is 15.4. The van der Waals surface area contributed by atoms with E-state index in [9.17, 15) is 10.1 Å². The predicted octanol–water partition coefficient (Wildman–Crippen LogP) is 3.27. The number of rotatable bonds is 6. The van der Waals surface area contributed by atoms with E-state index in [0.717, 1.165) is 23.9 Å². The van der Waals surface area contributed by atoms with E-state index in [2.05, 4.69) is 27.9 Å². The van der Waals surface area contributed by atoms with Crippen LogP contribution < -0.4 is 0 Å². The van der Waals surface area contributed by atoms with Crippen molar-refractivity contribution >= 4 is 16.9 Å². The smallest absolute Gasteiger partial charge is 0.178 e. The Balaban J connectivity index is 2.25. The van der Waals surface area contributed by atoms with Gasteiger partial charge in [0.1, 0.15) is 5.82 Å². The molecule has 0 radical (unpaired) electrons. The lowest BCUT2D eigenvalue weighted by molar-refractivity contribution is -0.120. The van der Waals surface area contributed by atoms with E-state index < -0.39 is 5.92 Å². The summed E-state index contributed by atoms with van der Waals surface area (Å²) in [6.07, 6.45) is 4.12. The van der Waals surface area contributed by atoms with Crippen molar-refractivity contribution < 1.29 is 4.79 Å². The molecule has 2 atom stereocenters. The van der Waals surface area contributed by atoms with Crippen LogP contribution in [0.2, 0.25) is 0 Å². The van der Waals surface area contributed by atoms with E-state index >= 15 is 0 Å². The number of imidazole rings is 1. The second-order valence-electron chi connectivity index (χ2n) is 5.57. The Morgan fingerprint density at radius 2 is 2.29 bits per heavy atom. The van der Waals surface area contributed by atoms with E-state index in [0.29, 0.717) is 23.8 Å². The molecular formula is C16H20N4O. The van der Waals surface area contributed by atoms with Crippen LogP contribution in [0.1, 0.15) is 50.4 Å². The van der Waals surface area contributed by atoms with Crippen LogP contribution in [-0.2, 0) is 4.79 Å². The molecule has 0 spiro atoms. The third kappa shape index (κ3) is 3.27. The van der Waals surface area contributed by atoms with Crippen molar-refractivity contribution in [1.82, 2.24) is 15.0 Å². The maximum Gasteiger partial charge on any atom is 0.178 e. The van der Waals surface area contributed by atoms with E-state index in [-0.39, 0.29) is 5.78 Å². The quantitative estimate of drug-likeness (QED) is 0.882. The summed E-state index contributed by atoms with van der Waals surface area (Å²) in [4.78, 5) is 23.9. The van der Waals surface area contributed by atoms with Gasteiger partial charge in [-0.25, -0.2) is 9.97 Å². The molecule has 2 aromatic rings. The van der Waals surface area contributed by atoms with Crippen LogP contribution >= 0.6 is 0 Å². The molecule has 0 aliphatic heterocycles. The van der Waals surface area contributed by atoms with Gasteiger partial charge in [-0.3, -0.25) is 4.79 Å². The van der Waals surface area contributed by atoms with Gasteiger partial charge in [-0.05, 0) is 24.5 Å². The number of ketones is 1. The Labute approximate surface area is 124 Å². The van der Waals surface area contributed by atoms with E-state index in [1.54, 1.807) is 6.20 Å². The highest BCUT2D eigenvalue weighted by Gasteiger charge is 2.25. The number of fused-ring (bicyclic) bond motifs is 1. The van der Waals surface area contributed by atoms with Crippen LogP contribution in [0.5, 0.6) is 0 Å². The molecule has 21 heavy (non-hydrogen) atoms. The number of nitrogens with zero attached hydrogens (tertiary/aromatic N) is 3. The highest BCUT2D eigenvalue weighted by atomic mass is 16.1. The van der Waals surface area contributed by atoms with Gasteiger partial charge in [0.25, 0.3) is 0 Å². The second-order valence-corrected chi connectivity index (χ2v) is 5.57. The summed E-state index contributed by atoms with van der Waals surface area (Å²) in [5, 5.41) is 9.34. The molecule has 0 saturated heterocycles. The average molecular weight is 284 g/mol. The maximum absolute atomic E-state index is 12.3. The number of carbonyl (C=O) groups is 1. The molecule has 5 nitrogen and oxygen atoms in total. The van der Waals surface area contributed by atoms with Gasteiger partial charge in [-0.15, -0.1) is 0 Å². The standard InChI is InChI=1S/C16H20N4O/c1-4-5-10(2)8-13(21)12(9-17)15-19-14-11(3)6-7-18-16(14)20-15/h6-7,10,12H,4-5,8H2,1-3H3,(H,18,19,20)/t10-,12+/m1/s1. The molecule has 0 unspecified atom stereocenters. The molecule has 0 bridgehead atoms. The molecule has 0 saturated carbocycles. The second kappa shape index (κ2) is 6.49. The molecule has 110 valence electrons. The minimum Gasteiger partial charge on any atom is -0.339 e. The molecule has 2 rings (SSSR count). The SMILES string of the molecule is CCC[C@@H](C)CC(=O)[C@H](C#N)c1nc2nccc(C)c2[nH]1. The highest BCUT2D eigenvalue weighted by Crippen LogP contribution is 2.22. The molecule has 0 amide bonds. The summed E-state index contributed by atoms with van der Waals surface area (Å²) in [6, 6.07) is 3.95. The number of aromatic nitrogens is 3. The zero-order valence-electron chi connectivity index (χ0n) is 12.7. The third-order valence-corrected chi connectivity index (χ3v) is 3.67. The summed E-state index contributed by atoms with van der Waals surface area (Å²) in [5.41, 5.74) is 2.35. The molecule has 2 aromatic heterocycles. The normalized spacial score (nSPS) is 13.8. The van der Waals surface area contributed by atoms with Crippen molar-refractivity contribution in [2.45, 2.75) is 46.0 Å². The van der Waals surface area contributed by atoms with Gasteiger partial charge in [0, 0.05) is 12.6 Å². The van der Waals surface area contributed by atoms with Crippen LogP contribution in [0, 0.1) is 24.2 Å². The zero-order valence-corrected chi connectivity index (χ0v) is 12.7. The van der Waals surface area contributed by atoms with Crippen molar-refractivity contribution in [2.24, 2.45) is 5.92 Å². The summed E-state index contributed by atoms with van der Waals surface area (Å²) in [5.74, 6) is -0.210. The molecule has 5 heteroatoms. The van der Waals surface area contributed by atoms with Gasteiger partial charge in [0.2, 0.25) is 0 Å². The van der Waals surface area contributed by atoms with Crippen molar-refractivity contribution in [1.29, 1.82) is 5.26 Å². The average Bonchev–Trinajstić information content (AvgIpc) is 2.84. The monoisotopic (exact) mass is 284 g/mol. The molecular weight excluding hydrogens is 264 g/mol. The van der Waals surface area contributed by atoms with Gasteiger partial charge in [-0.2, -0.15) is 5.26 Å². The third-order valence-electron chi connectivity index (χ3n) is 3.67. The molecule has 1 N–H and O–H groups in total. The number of nitrogens with one attached hydrogen (secondary N) is 1. The number of hydrogen-bond acceptors (Lipinski definition) is 4. The molecule has 0 fully saturated rings. The fourth-order valence-corrected chi connectivity index (χ4v) is 2.53. The molecule has 0 aliphatic carbocycles. The minimum atomic E-state index is -0.835. The van der Waals surface area contributed by atoms with Crippen molar-refractivity contribution in [3.8, 4) is 6.07 Å². The molecule has 0 aromatic carbocycles. The van der Waals surface area contributed by atoms with Gasteiger partial charge in [0.15, 0.2) is 17.3 Å². The number of pyridine rings is 1. The van der Waals surface area contributed by atoms with Crippen LogP contribution in [0.4, 0.5) is 0 Å². The lowest BCUT2D eigenvalue weighted by Gasteiger charge is -2.10. The number of carbonyl (C=O) groups excluding carboxylic acids is 1. The Morgan fingerprint density at radius 1 is 1.52 bits per heavy atom. The van der Waals surface area contributed by atoms with E-state index in [1.807, 2.05) is 19.9 Å². The Bertz CT molecular complexity index is 683. The molecule has 0 aliphatic rings. The van der Waals surface area contributed by atoms with Crippen LogP contribution in [-0.4, -0.2) is 20.7 Å². The highest BCUT2D eigenvalue weighted by molar-refractivity contribution is 5.88. The fraction of sp³-hybridized carbons (Fsp3) is 0.500. The van der Waals surface area contributed by atoms with Crippen molar-refractivity contribution in [3.63, 3.8) is 0 Å². The number of H-pyrrole nitrogens is 1. The number of hydrogen-bond donors (Lipinski definition) is 1. The van der Waals surface area contributed by atoms with Gasteiger partial charge >= 0.3 is 0 Å². The van der Waals surface area contributed by atoms with Gasteiger partial charge in [0.05, 0.1) is 11.6 Å². The summed E-state index contributed by atoms with van der Waals surface area (Å²) in [7, 11) is 0. The predicted molar refractivity (Wildman–Crippen MR) is 80.7 cm³/mol. The van der Waals surface area contributed by atoms with Crippen LogP contribution in [0.25, 0.3) is 11.2 Å². The molecule has 2 heterocycles. The first kappa shape index (κ1) is 15.2. The van der Waals surface area contributed by atoms with Gasteiger partial charge in [-0.1, -0.05) is 26.7 Å². The summed E-state index contributed by atoms with van der Waals surface area (Å²) < 4.78 is 0. The number of nitriles is 1. The minimum absolute atomic E-state index is 0.0739. The summed E-state index contributed by atoms with van der Waals surface area (Å²) in [6.45, 7) is 6.08. The van der Waals surface area contributed by atoms with E-state index in [4.69, 9.17) is 0 Å².